The van der Waals surface area contributed by atoms with Gasteiger partial charge in [0.15, 0.2) is 5.50 Å². The van der Waals surface area contributed by atoms with E-state index >= 15 is 0 Å². The number of aromatic nitrogens is 5. The summed E-state index contributed by atoms with van der Waals surface area (Å²) in [7, 11) is 0. The van der Waals surface area contributed by atoms with Gasteiger partial charge in [0.25, 0.3) is 5.91 Å². The zero-order chi connectivity index (χ0) is 20.5. The van der Waals surface area contributed by atoms with Gasteiger partial charge >= 0.3 is 5.69 Å². The maximum atomic E-state index is 13.0. The molecule has 4 rings (SSSR count). The number of primary amides is 1. The largest absolute Gasteiger partial charge is 0.365 e. The van der Waals surface area contributed by atoms with Crippen LogP contribution in [0, 0.1) is 6.92 Å². The molecule has 3 aromatic rings. The van der Waals surface area contributed by atoms with E-state index in [-0.39, 0.29) is 5.69 Å². The number of pyridine rings is 1. The summed E-state index contributed by atoms with van der Waals surface area (Å²) >= 11 is 2.78. The van der Waals surface area contributed by atoms with Crippen LogP contribution in [-0.4, -0.2) is 35.1 Å². The van der Waals surface area contributed by atoms with E-state index in [9.17, 15) is 9.59 Å². The number of allylic oxidation sites excluding steroid dienone is 1. The Morgan fingerprint density at radius 1 is 1.31 bits per heavy atom. The Labute approximate surface area is 174 Å². The molecule has 11 heteroatoms. The number of hydrogen-bond acceptors (Lipinski definition) is 8. The summed E-state index contributed by atoms with van der Waals surface area (Å²) in [6, 6.07) is 3.79. The lowest BCUT2D eigenvalue weighted by atomic mass is 10.2. The summed E-state index contributed by atoms with van der Waals surface area (Å²) in [5, 5.41) is 7.10. The maximum Gasteiger partial charge on any atom is 0.348 e. The van der Waals surface area contributed by atoms with Gasteiger partial charge in [-0.15, -0.1) is 11.3 Å². The highest BCUT2D eigenvalue weighted by molar-refractivity contribution is 8.04. The van der Waals surface area contributed by atoms with Crippen LogP contribution in [0.4, 0.5) is 0 Å². The fourth-order valence-corrected chi connectivity index (χ4v) is 4.96. The molecule has 2 N–H and O–H groups in total. The van der Waals surface area contributed by atoms with Crippen molar-refractivity contribution in [2.45, 2.75) is 32.4 Å². The van der Waals surface area contributed by atoms with Crippen molar-refractivity contribution in [2.75, 3.05) is 0 Å². The Kier molecular flexibility index (Phi) is 5.24. The molecule has 0 saturated heterocycles. The molecule has 0 aromatic carbocycles. The van der Waals surface area contributed by atoms with Crippen LogP contribution in [0.5, 0.6) is 0 Å². The van der Waals surface area contributed by atoms with Crippen LogP contribution in [0.15, 0.2) is 51.6 Å². The van der Waals surface area contributed by atoms with E-state index < -0.39 is 11.4 Å². The molecular weight excluding hydrogens is 410 g/mol. The first-order valence-corrected chi connectivity index (χ1v) is 10.6. The van der Waals surface area contributed by atoms with Crippen LogP contribution < -0.4 is 11.4 Å². The van der Waals surface area contributed by atoms with Crippen LogP contribution in [0.3, 0.4) is 0 Å². The van der Waals surface area contributed by atoms with Crippen LogP contribution in [0.1, 0.15) is 28.7 Å². The number of thioether (sulfide) groups is 1. The summed E-state index contributed by atoms with van der Waals surface area (Å²) in [5.41, 5.74) is 7.30. The van der Waals surface area contributed by atoms with Gasteiger partial charge in [-0.3, -0.25) is 14.3 Å². The van der Waals surface area contributed by atoms with Crippen molar-refractivity contribution in [1.29, 1.82) is 0 Å². The van der Waals surface area contributed by atoms with Gasteiger partial charge in [0.2, 0.25) is 0 Å². The molecule has 0 aliphatic carbocycles. The quantitative estimate of drug-likeness (QED) is 0.634. The van der Waals surface area contributed by atoms with Crippen molar-refractivity contribution in [2.24, 2.45) is 5.73 Å². The molecule has 1 atom stereocenters. The zero-order valence-electron chi connectivity index (χ0n) is 15.8. The molecule has 0 fully saturated rings. The van der Waals surface area contributed by atoms with Gasteiger partial charge in [-0.2, -0.15) is 5.10 Å². The van der Waals surface area contributed by atoms with Gasteiger partial charge in [-0.25, -0.2) is 14.5 Å². The summed E-state index contributed by atoms with van der Waals surface area (Å²) in [5.74, 6) is -0.510. The van der Waals surface area contributed by atoms with Crippen LogP contribution >= 0.6 is 23.1 Å². The molecule has 0 bridgehead atoms. The van der Waals surface area contributed by atoms with Crippen LogP contribution in [0.25, 0.3) is 0 Å². The lowest BCUT2D eigenvalue weighted by Gasteiger charge is -2.27. The number of carbonyl (C=O) groups excluding carboxylic acids is 1. The molecule has 1 unspecified atom stereocenters. The minimum Gasteiger partial charge on any atom is -0.365 e. The van der Waals surface area contributed by atoms with E-state index in [2.05, 4.69) is 15.1 Å². The Balaban J connectivity index is 1.65. The van der Waals surface area contributed by atoms with Gasteiger partial charge in [0.1, 0.15) is 6.33 Å². The number of nitrogens with two attached hydrogens (primary N) is 1. The number of rotatable bonds is 6. The third-order valence-corrected chi connectivity index (χ3v) is 6.77. The number of thiazole rings is 1. The van der Waals surface area contributed by atoms with E-state index in [4.69, 9.17) is 5.73 Å². The van der Waals surface area contributed by atoms with Gasteiger partial charge in [0, 0.05) is 30.0 Å². The number of nitrogens with zero attached hydrogens (tertiary/aromatic N) is 6. The fraction of sp³-hybridized carbons (Fsp3) is 0.278. The topological polar surface area (TPSA) is 112 Å². The Bertz CT molecular complexity index is 1130. The summed E-state index contributed by atoms with van der Waals surface area (Å²) in [6.45, 7) is 4.53. The van der Waals surface area contributed by atoms with Crippen molar-refractivity contribution in [3.05, 3.63) is 73.6 Å². The molecule has 1 amide bonds. The first kappa shape index (κ1) is 19.4. The van der Waals surface area contributed by atoms with Crippen molar-refractivity contribution in [1.82, 2.24) is 29.2 Å². The summed E-state index contributed by atoms with van der Waals surface area (Å²) in [4.78, 5) is 35.8. The van der Waals surface area contributed by atoms with Crippen LogP contribution in [0.2, 0.25) is 0 Å². The summed E-state index contributed by atoms with van der Waals surface area (Å²) < 4.78 is 2.88. The molecule has 0 spiro atoms. The second kappa shape index (κ2) is 7.84. The molecule has 4 heterocycles. The standard InChI is InChI=1S/C18H19N7O2S2/c1-11-15(16(19)26)29-18(23(11)7-13-4-3-5-20-6-13)24-10-21-25(17(24)27)8-14-9-28-12(2)22-14/h3-6,9-10,18H,7-8H2,1-2H3,(H2,19,26). The van der Waals surface area contributed by atoms with Crippen molar-refractivity contribution >= 4 is 29.0 Å². The Hall–Kier alpha value is -2.92. The minimum absolute atomic E-state index is 0.275. The summed E-state index contributed by atoms with van der Waals surface area (Å²) in [6.07, 6.45) is 4.95. The molecule has 29 heavy (non-hydrogen) atoms. The molecular formula is C18H19N7O2S2. The SMILES string of the molecule is CC1=C(C(N)=O)SC(n2cnn(Cc3csc(C)n3)c2=O)N1Cc1cccnc1. The van der Waals surface area contributed by atoms with E-state index in [1.54, 1.807) is 12.4 Å². The molecule has 0 radical (unpaired) electrons. The number of carbonyl (C=O) groups is 1. The second-order valence-corrected chi connectivity index (χ2v) is 8.68. The molecule has 0 saturated carbocycles. The first-order chi connectivity index (χ1) is 13.9. The number of hydrogen-bond donors (Lipinski definition) is 1. The lowest BCUT2D eigenvalue weighted by Crippen LogP contribution is -2.33. The number of aryl methyl sites for hydroxylation is 1. The number of amides is 1. The monoisotopic (exact) mass is 429 g/mol. The predicted octanol–water partition coefficient (Wildman–Crippen LogP) is 1.67. The van der Waals surface area contributed by atoms with Gasteiger partial charge in [0.05, 0.1) is 22.2 Å². The highest BCUT2D eigenvalue weighted by atomic mass is 32.2. The average Bonchev–Trinajstić information content (AvgIpc) is 3.36. The Morgan fingerprint density at radius 2 is 2.14 bits per heavy atom. The van der Waals surface area contributed by atoms with E-state index in [0.717, 1.165) is 22.0 Å². The van der Waals surface area contributed by atoms with E-state index in [1.165, 1.54) is 38.7 Å². The first-order valence-electron chi connectivity index (χ1n) is 8.82. The van der Waals surface area contributed by atoms with Gasteiger partial charge in [-0.1, -0.05) is 17.8 Å². The van der Waals surface area contributed by atoms with Crippen LogP contribution in [-0.2, 0) is 17.9 Å². The zero-order valence-corrected chi connectivity index (χ0v) is 17.5. The fourth-order valence-electron chi connectivity index (χ4n) is 3.12. The molecule has 3 aromatic heterocycles. The van der Waals surface area contributed by atoms with Crippen molar-refractivity contribution < 1.29 is 4.79 Å². The Morgan fingerprint density at radius 3 is 2.79 bits per heavy atom. The second-order valence-electron chi connectivity index (χ2n) is 6.55. The molecule has 150 valence electrons. The molecule has 1 aliphatic heterocycles. The lowest BCUT2D eigenvalue weighted by molar-refractivity contribution is -0.114. The van der Waals surface area contributed by atoms with Crippen molar-refractivity contribution in [3.8, 4) is 0 Å². The normalized spacial score (nSPS) is 16.6. The van der Waals surface area contributed by atoms with Crippen molar-refractivity contribution in [3.63, 3.8) is 0 Å². The smallest absolute Gasteiger partial charge is 0.348 e. The minimum atomic E-state index is -0.510. The highest BCUT2D eigenvalue weighted by Crippen LogP contribution is 2.44. The van der Waals surface area contributed by atoms with E-state index in [0.29, 0.717) is 18.0 Å². The van der Waals surface area contributed by atoms with Gasteiger partial charge in [-0.05, 0) is 25.5 Å². The third kappa shape index (κ3) is 3.83. The molecule has 9 nitrogen and oxygen atoms in total. The highest BCUT2D eigenvalue weighted by Gasteiger charge is 2.35. The average molecular weight is 430 g/mol. The van der Waals surface area contributed by atoms with E-state index in [1.807, 2.05) is 36.3 Å². The molecule has 1 aliphatic rings. The third-order valence-electron chi connectivity index (χ3n) is 4.52. The van der Waals surface area contributed by atoms with Gasteiger partial charge < -0.3 is 10.6 Å². The maximum absolute atomic E-state index is 13.0. The predicted molar refractivity (Wildman–Crippen MR) is 111 cm³/mol.